The van der Waals surface area contributed by atoms with Gasteiger partial charge in [-0.3, -0.25) is 23.9 Å². The fourth-order valence-corrected chi connectivity index (χ4v) is 11.2. The molecule has 19 heteroatoms. The molecule has 0 saturated carbocycles. The largest absolute Gasteiger partial charge is 0.508 e. The van der Waals surface area contributed by atoms with Crippen LogP contribution in [-0.4, -0.2) is 132 Å². The van der Waals surface area contributed by atoms with Gasteiger partial charge in [0.1, 0.15) is 23.9 Å². The number of benzene rings is 4. The van der Waals surface area contributed by atoms with Crippen molar-refractivity contribution >= 4 is 51.6 Å². The SMILES string of the molecule is C=CC(=O)N1CCN(c2nc(OC[C@@H]3CCN3C(=O)C3CCN(Cc4ccc(-n5c(C(N)=O)nnc5-c5cc(C(C)C)c(O)cc5O)cc4)CC3)nc3c2CCN(c2cccc4cccc(Cl)c24)C3)C[C@@H]1CC#N. The summed E-state index contributed by atoms with van der Waals surface area (Å²) in [4.78, 5) is 59.9. The monoisotopic (exact) mass is 1020 g/mol. The number of phenolic OH excluding ortho intramolecular Hbond substituents is 2. The average molecular weight is 1020 g/mol. The van der Waals surface area contributed by atoms with E-state index in [0.717, 1.165) is 71.5 Å². The van der Waals surface area contributed by atoms with E-state index in [-0.39, 0.29) is 77.9 Å². The lowest BCUT2D eigenvalue weighted by atomic mass is 9.92. The van der Waals surface area contributed by atoms with Gasteiger partial charge in [-0.05, 0) is 97.6 Å². The first-order valence-corrected chi connectivity index (χ1v) is 25.6. The normalized spacial score (nSPS) is 18.3. The Hall–Kier alpha value is -7.75. The molecule has 0 spiro atoms. The van der Waals surface area contributed by atoms with Gasteiger partial charge in [0.25, 0.3) is 5.91 Å². The summed E-state index contributed by atoms with van der Waals surface area (Å²) >= 11 is 6.80. The van der Waals surface area contributed by atoms with Crippen molar-refractivity contribution < 1.29 is 29.3 Å². The summed E-state index contributed by atoms with van der Waals surface area (Å²) in [6.45, 7) is 13.1. The molecule has 4 aliphatic rings. The molecule has 18 nitrogen and oxygen atoms in total. The Morgan fingerprint density at radius 1 is 0.905 bits per heavy atom. The Labute approximate surface area is 434 Å². The lowest BCUT2D eigenvalue weighted by Gasteiger charge is -2.44. The van der Waals surface area contributed by atoms with E-state index in [1.54, 1.807) is 11.0 Å². The zero-order valence-electron chi connectivity index (χ0n) is 41.5. The van der Waals surface area contributed by atoms with Gasteiger partial charge in [-0.1, -0.05) is 68.4 Å². The fourth-order valence-electron chi connectivity index (χ4n) is 10.9. The number of hydrogen-bond acceptors (Lipinski definition) is 14. The zero-order valence-corrected chi connectivity index (χ0v) is 42.3. The maximum atomic E-state index is 14.1. The minimum Gasteiger partial charge on any atom is -0.508 e. The number of piperidine rings is 1. The highest BCUT2D eigenvalue weighted by molar-refractivity contribution is 6.36. The van der Waals surface area contributed by atoms with E-state index in [0.29, 0.717) is 74.1 Å². The van der Waals surface area contributed by atoms with Gasteiger partial charge in [-0.15, -0.1) is 10.2 Å². The summed E-state index contributed by atoms with van der Waals surface area (Å²) in [5.41, 5.74) is 11.1. The number of anilines is 2. The van der Waals surface area contributed by atoms with E-state index >= 15 is 0 Å². The van der Waals surface area contributed by atoms with Crippen molar-refractivity contribution in [3.63, 3.8) is 0 Å². The molecule has 4 aliphatic heterocycles. The third kappa shape index (κ3) is 9.76. The summed E-state index contributed by atoms with van der Waals surface area (Å²) in [7, 11) is 0. The van der Waals surface area contributed by atoms with Crippen LogP contribution in [0.1, 0.15) is 78.5 Å². The molecule has 3 fully saturated rings. The van der Waals surface area contributed by atoms with Gasteiger partial charge >= 0.3 is 6.01 Å². The van der Waals surface area contributed by atoms with Gasteiger partial charge in [0, 0.05) is 73.6 Å². The van der Waals surface area contributed by atoms with Crippen LogP contribution in [0.2, 0.25) is 5.02 Å². The Morgan fingerprint density at radius 2 is 1.68 bits per heavy atom. The zero-order chi connectivity index (χ0) is 51.8. The number of carbonyl (C=O) groups excluding carboxylic acids is 3. The van der Waals surface area contributed by atoms with E-state index in [1.165, 1.54) is 16.7 Å². The molecule has 74 heavy (non-hydrogen) atoms. The van der Waals surface area contributed by atoms with Crippen LogP contribution in [0.4, 0.5) is 11.5 Å². The number of primary amides is 1. The second-order valence-electron chi connectivity index (χ2n) is 19.9. The summed E-state index contributed by atoms with van der Waals surface area (Å²) in [6.07, 6.45) is 4.37. The summed E-state index contributed by atoms with van der Waals surface area (Å²) < 4.78 is 7.98. The van der Waals surface area contributed by atoms with Crippen molar-refractivity contribution in [1.82, 2.24) is 39.4 Å². The number of amides is 3. The first kappa shape index (κ1) is 49.8. The van der Waals surface area contributed by atoms with Crippen LogP contribution in [0, 0.1) is 17.2 Å². The van der Waals surface area contributed by atoms with Crippen LogP contribution >= 0.6 is 11.6 Å². The number of likely N-dealkylation sites (tertiary alicyclic amines) is 2. The first-order valence-electron chi connectivity index (χ1n) is 25.2. The summed E-state index contributed by atoms with van der Waals surface area (Å²) in [5, 5.41) is 42.0. The predicted octanol–water partition coefficient (Wildman–Crippen LogP) is 6.74. The van der Waals surface area contributed by atoms with Crippen LogP contribution in [0.3, 0.4) is 0 Å². The number of ether oxygens (including phenoxy) is 1. The number of nitrogens with zero attached hydrogens (tertiary/aromatic N) is 11. The molecule has 0 aliphatic carbocycles. The number of aromatic hydroxyl groups is 2. The van der Waals surface area contributed by atoms with E-state index in [9.17, 15) is 29.9 Å². The van der Waals surface area contributed by atoms with Crippen LogP contribution in [-0.2, 0) is 29.1 Å². The van der Waals surface area contributed by atoms with Gasteiger partial charge in [-0.25, -0.2) is 0 Å². The van der Waals surface area contributed by atoms with Crippen molar-refractivity contribution in [1.29, 1.82) is 5.26 Å². The molecule has 4 aromatic carbocycles. The second kappa shape index (κ2) is 21.0. The number of carbonyl (C=O) groups is 3. The molecule has 2 aromatic heterocycles. The van der Waals surface area contributed by atoms with Crippen LogP contribution in [0.5, 0.6) is 17.5 Å². The molecule has 6 heterocycles. The van der Waals surface area contributed by atoms with Crippen molar-refractivity contribution in [2.24, 2.45) is 11.7 Å². The number of aromatic nitrogens is 5. The van der Waals surface area contributed by atoms with E-state index in [1.807, 2.05) is 61.2 Å². The third-order valence-electron chi connectivity index (χ3n) is 15.0. The molecule has 0 radical (unpaired) electrons. The second-order valence-corrected chi connectivity index (χ2v) is 20.3. The maximum absolute atomic E-state index is 14.1. The topological polar surface area (TPSA) is 223 Å². The maximum Gasteiger partial charge on any atom is 0.318 e. The molecule has 0 unspecified atom stereocenters. The molecule has 3 saturated heterocycles. The lowest BCUT2D eigenvalue weighted by Crippen LogP contribution is -2.56. The quantitative estimate of drug-likeness (QED) is 0.0963. The molecular weight excluding hydrogens is 960 g/mol. The first-order chi connectivity index (χ1) is 35.8. The highest BCUT2D eigenvalue weighted by Crippen LogP contribution is 2.40. The molecule has 382 valence electrons. The number of nitriles is 1. The number of hydrogen-bond donors (Lipinski definition) is 3. The Balaban J connectivity index is 0.798. The standard InChI is InChI=1S/C55H59ClN12O6/c1-4-48(71)66-26-25-65(30-38(66)15-20-57)51-40-19-23-64(45-10-6-8-35-7-5-9-43(56)49(35)45)31-44(40)59-55(60-51)74-32-39-18-24-67(39)54(73)36-16-21-63(22-17-36)29-34-11-13-37(14-12-34)68-52(61-62-53(68)50(58)72)42-27-41(33(2)3)46(69)28-47(42)70/h4-14,27-28,33,36,38-39,69-70H,1,15-19,21-26,29-32H2,2-3H3,(H2,58,72)/t38-,39-/m0/s1. The van der Waals surface area contributed by atoms with Crippen LogP contribution in [0.25, 0.3) is 27.8 Å². The van der Waals surface area contributed by atoms with Gasteiger partial charge < -0.3 is 40.3 Å². The minimum atomic E-state index is -0.781. The third-order valence-corrected chi connectivity index (χ3v) is 15.3. The molecule has 0 bridgehead atoms. The molecular formula is C55H59ClN12O6. The molecule has 4 N–H and O–H groups in total. The van der Waals surface area contributed by atoms with Crippen molar-refractivity contribution in [3.8, 4) is 40.7 Å². The Kier molecular flexibility index (Phi) is 14.1. The number of piperazine rings is 1. The van der Waals surface area contributed by atoms with Gasteiger partial charge in [0.15, 0.2) is 5.82 Å². The van der Waals surface area contributed by atoms with E-state index in [4.69, 9.17) is 32.0 Å². The number of phenols is 2. The molecule has 10 rings (SSSR count). The highest BCUT2D eigenvalue weighted by atomic mass is 35.5. The van der Waals surface area contributed by atoms with E-state index in [2.05, 4.69) is 55.7 Å². The lowest BCUT2D eigenvalue weighted by molar-refractivity contribution is -0.146. The Bertz CT molecular complexity index is 3180. The fraction of sp³-hybridized carbons (Fsp3) is 0.382. The van der Waals surface area contributed by atoms with Crippen molar-refractivity contribution in [3.05, 3.63) is 119 Å². The van der Waals surface area contributed by atoms with Gasteiger partial charge in [0.2, 0.25) is 17.6 Å². The number of fused-ring (bicyclic) bond motifs is 2. The van der Waals surface area contributed by atoms with Gasteiger partial charge in [-0.2, -0.15) is 15.2 Å². The van der Waals surface area contributed by atoms with Gasteiger partial charge in [0.05, 0.1) is 47.4 Å². The molecule has 2 atom stereocenters. The van der Waals surface area contributed by atoms with Crippen LogP contribution in [0.15, 0.2) is 85.5 Å². The molecule has 3 amide bonds. The van der Waals surface area contributed by atoms with Crippen LogP contribution < -0.4 is 20.3 Å². The van der Waals surface area contributed by atoms with E-state index < -0.39 is 5.91 Å². The highest BCUT2D eigenvalue weighted by Gasteiger charge is 2.39. The number of halogens is 1. The minimum absolute atomic E-state index is 0.0414. The summed E-state index contributed by atoms with van der Waals surface area (Å²) in [6, 6.07) is 24.7. The number of rotatable bonds is 14. The Morgan fingerprint density at radius 3 is 2.38 bits per heavy atom. The molecule has 6 aromatic rings. The van der Waals surface area contributed by atoms with Crippen molar-refractivity contribution in [2.45, 2.75) is 77.0 Å². The van der Waals surface area contributed by atoms with Crippen molar-refractivity contribution in [2.75, 3.05) is 62.2 Å². The smallest absolute Gasteiger partial charge is 0.318 e. The summed E-state index contributed by atoms with van der Waals surface area (Å²) in [5.74, 6) is -0.398. The predicted molar refractivity (Wildman–Crippen MR) is 280 cm³/mol. The average Bonchev–Trinajstić information content (AvgIpc) is 3.84. The number of nitrogens with two attached hydrogens (primary N) is 1.